The minimum absolute atomic E-state index is 0.0346. The number of ketones is 1. The average Bonchev–Trinajstić information content (AvgIpc) is 3.13. The fraction of sp³-hybridized carbons (Fsp3) is 0.300. The van der Waals surface area contributed by atoms with Crippen LogP contribution in [0, 0.1) is 12.8 Å². The van der Waals surface area contributed by atoms with Gasteiger partial charge in [0.15, 0.2) is 23.6 Å². The first-order valence-corrected chi connectivity index (χ1v) is 8.49. The van der Waals surface area contributed by atoms with Gasteiger partial charge in [0.05, 0.1) is 25.2 Å². The molecule has 4 rings (SSSR count). The lowest BCUT2D eigenvalue weighted by molar-refractivity contribution is 0.0824. The second-order valence-corrected chi connectivity index (χ2v) is 6.51. The molecule has 27 heavy (non-hydrogen) atoms. The van der Waals surface area contributed by atoms with Gasteiger partial charge in [-0.25, -0.2) is 0 Å². The van der Waals surface area contributed by atoms with Gasteiger partial charge in [0.25, 0.3) is 0 Å². The standard InChI is InChI=1S/C20H18O7/c1-10-19(24-2)13(7-21)18(23)16-17(22)12(8-25-20(10)16)5-11-3-4-14-15(6-11)27-9-26-14/h3-4,6-7,12,23H,5,8-9H2,1-2H3/t12-/m1/s1. The van der Waals surface area contributed by atoms with Crippen LogP contribution >= 0.6 is 0 Å². The maximum absolute atomic E-state index is 13.0. The number of hydrogen-bond acceptors (Lipinski definition) is 7. The zero-order valence-corrected chi connectivity index (χ0v) is 14.9. The van der Waals surface area contributed by atoms with Gasteiger partial charge in [-0.1, -0.05) is 6.07 Å². The van der Waals surface area contributed by atoms with Gasteiger partial charge >= 0.3 is 0 Å². The van der Waals surface area contributed by atoms with Gasteiger partial charge in [-0.2, -0.15) is 0 Å². The highest BCUT2D eigenvalue weighted by molar-refractivity contribution is 6.07. The highest BCUT2D eigenvalue weighted by Crippen LogP contribution is 2.45. The summed E-state index contributed by atoms with van der Waals surface area (Å²) in [5, 5.41) is 10.5. The minimum atomic E-state index is -0.490. The largest absolute Gasteiger partial charge is 0.506 e. The SMILES string of the molecule is COc1c(C)c2c(c(O)c1C=O)C(=O)[C@H](Cc1ccc3c(c1)OCO3)CO2. The maximum Gasteiger partial charge on any atom is 0.231 e. The Morgan fingerprint density at radius 1 is 1.26 bits per heavy atom. The molecule has 0 unspecified atom stereocenters. The Balaban J connectivity index is 1.69. The molecule has 2 aromatic carbocycles. The van der Waals surface area contributed by atoms with E-state index in [4.69, 9.17) is 18.9 Å². The van der Waals surface area contributed by atoms with Crippen molar-refractivity contribution in [3.63, 3.8) is 0 Å². The van der Waals surface area contributed by atoms with E-state index in [9.17, 15) is 14.7 Å². The number of phenolic OH excluding ortho intramolecular Hbond substituents is 1. The molecule has 0 radical (unpaired) electrons. The van der Waals surface area contributed by atoms with Crippen LogP contribution in [0.3, 0.4) is 0 Å². The van der Waals surface area contributed by atoms with Crippen LogP contribution in [0.15, 0.2) is 18.2 Å². The van der Waals surface area contributed by atoms with Crippen LogP contribution < -0.4 is 18.9 Å². The molecule has 0 aromatic heterocycles. The summed E-state index contributed by atoms with van der Waals surface area (Å²) in [6.45, 7) is 2.04. The van der Waals surface area contributed by atoms with E-state index in [1.54, 1.807) is 13.0 Å². The molecule has 7 nitrogen and oxygen atoms in total. The molecule has 0 amide bonds. The predicted molar refractivity (Wildman–Crippen MR) is 94.4 cm³/mol. The Morgan fingerprint density at radius 3 is 2.78 bits per heavy atom. The molecule has 2 aliphatic rings. The summed E-state index contributed by atoms with van der Waals surface area (Å²) in [6.07, 6.45) is 0.895. The molecule has 2 aliphatic heterocycles. The van der Waals surface area contributed by atoms with Crippen molar-refractivity contribution in [3.8, 4) is 28.7 Å². The molecule has 0 saturated heterocycles. The van der Waals surface area contributed by atoms with Crippen LogP contribution in [-0.2, 0) is 6.42 Å². The molecule has 0 saturated carbocycles. The van der Waals surface area contributed by atoms with Gasteiger partial charge in [-0.3, -0.25) is 9.59 Å². The first-order valence-electron chi connectivity index (χ1n) is 8.49. The zero-order chi connectivity index (χ0) is 19.1. The molecule has 0 spiro atoms. The number of hydrogen-bond donors (Lipinski definition) is 1. The third-order valence-corrected chi connectivity index (χ3v) is 4.93. The van der Waals surface area contributed by atoms with E-state index in [0.29, 0.717) is 29.8 Å². The number of carbonyl (C=O) groups is 2. The van der Waals surface area contributed by atoms with E-state index in [0.717, 1.165) is 5.56 Å². The lowest BCUT2D eigenvalue weighted by Gasteiger charge is -2.27. The van der Waals surface area contributed by atoms with Gasteiger partial charge in [0.2, 0.25) is 6.79 Å². The smallest absolute Gasteiger partial charge is 0.231 e. The Bertz CT molecular complexity index is 948. The summed E-state index contributed by atoms with van der Waals surface area (Å²) in [5.41, 5.74) is 1.40. The summed E-state index contributed by atoms with van der Waals surface area (Å²) in [5.74, 6) is 0.638. The van der Waals surface area contributed by atoms with E-state index in [2.05, 4.69) is 0 Å². The van der Waals surface area contributed by atoms with Crippen LogP contribution in [-0.4, -0.2) is 37.7 Å². The molecule has 1 atom stereocenters. The average molecular weight is 370 g/mol. The molecule has 2 aromatic rings. The third-order valence-electron chi connectivity index (χ3n) is 4.93. The van der Waals surface area contributed by atoms with Crippen LogP contribution in [0.4, 0.5) is 0 Å². The Labute approximate surface area is 155 Å². The number of aldehydes is 1. The van der Waals surface area contributed by atoms with Gasteiger partial charge in [0.1, 0.15) is 22.8 Å². The number of benzene rings is 2. The summed E-state index contributed by atoms with van der Waals surface area (Å²) in [4.78, 5) is 24.5. The summed E-state index contributed by atoms with van der Waals surface area (Å²) in [7, 11) is 1.40. The number of methoxy groups -OCH3 is 1. The Hall–Kier alpha value is -3.22. The summed E-state index contributed by atoms with van der Waals surface area (Å²) in [6, 6.07) is 5.50. The fourth-order valence-corrected chi connectivity index (χ4v) is 3.59. The molecule has 2 heterocycles. The van der Waals surface area contributed by atoms with Gasteiger partial charge < -0.3 is 24.1 Å². The monoisotopic (exact) mass is 370 g/mol. The molecule has 1 N–H and O–H groups in total. The van der Waals surface area contributed by atoms with Crippen molar-refractivity contribution >= 4 is 12.1 Å². The number of phenols is 1. The van der Waals surface area contributed by atoms with Crippen molar-refractivity contribution in [1.29, 1.82) is 0 Å². The lowest BCUT2D eigenvalue weighted by Crippen LogP contribution is -2.30. The zero-order valence-electron chi connectivity index (χ0n) is 14.9. The predicted octanol–water partition coefficient (Wildman–Crippen LogP) is 2.68. The van der Waals surface area contributed by atoms with Crippen LogP contribution in [0.25, 0.3) is 0 Å². The van der Waals surface area contributed by atoms with E-state index < -0.39 is 11.7 Å². The van der Waals surface area contributed by atoms with Crippen LogP contribution in [0.5, 0.6) is 28.7 Å². The fourth-order valence-electron chi connectivity index (χ4n) is 3.59. The Morgan fingerprint density at radius 2 is 2.04 bits per heavy atom. The Kier molecular flexibility index (Phi) is 4.14. The highest BCUT2D eigenvalue weighted by Gasteiger charge is 2.36. The van der Waals surface area contributed by atoms with Crippen molar-refractivity contribution < 1.29 is 33.6 Å². The van der Waals surface area contributed by atoms with Crippen molar-refractivity contribution in [2.45, 2.75) is 13.3 Å². The summed E-state index contributed by atoms with van der Waals surface area (Å²) >= 11 is 0. The second kappa shape index (κ2) is 6.50. The number of rotatable bonds is 4. The lowest BCUT2D eigenvalue weighted by atomic mass is 9.86. The van der Waals surface area contributed by atoms with E-state index in [1.807, 2.05) is 12.1 Å². The minimum Gasteiger partial charge on any atom is -0.506 e. The molecular formula is C20H18O7. The molecule has 0 bridgehead atoms. The van der Waals surface area contributed by atoms with Gasteiger partial charge in [-0.15, -0.1) is 0 Å². The van der Waals surface area contributed by atoms with E-state index >= 15 is 0 Å². The summed E-state index contributed by atoms with van der Waals surface area (Å²) < 4.78 is 21.7. The molecule has 140 valence electrons. The molecular weight excluding hydrogens is 352 g/mol. The second-order valence-electron chi connectivity index (χ2n) is 6.51. The van der Waals surface area contributed by atoms with Crippen molar-refractivity contribution in [2.75, 3.05) is 20.5 Å². The first-order chi connectivity index (χ1) is 13.0. The molecule has 0 aliphatic carbocycles. The van der Waals surface area contributed by atoms with Crippen molar-refractivity contribution in [2.24, 2.45) is 5.92 Å². The number of ether oxygens (including phenoxy) is 4. The number of fused-ring (bicyclic) bond motifs is 2. The molecule has 0 fully saturated rings. The number of Topliss-reactive ketones (excluding diaryl/α,β-unsaturated/α-hetero) is 1. The van der Waals surface area contributed by atoms with Gasteiger partial charge in [-0.05, 0) is 31.0 Å². The first kappa shape index (κ1) is 17.2. The highest BCUT2D eigenvalue weighted by atomic mass is 16.7. The maximum atomic E-state index is 13.0. The van der Waals surface area contributed by atoms with E-state index in [-0.39, 0.29) is 41.8 Å². The van der Waals surface area contributed by atoms with Crippen LogP contribution in [0.1, 0.15) is 31.8 Å². The van der Waals surface area contributed by atoms with Crippen molar-refractivity contribution in [3.05, 3.63) is 40.5 Å². The van der Waals surface area contributed by atoms with Crippen molar-refractivity contribution in [1.82, 2.24) is 0 Å². The van der Waals surface area contributed by atoms with Gasteiger partial charge in [0, 0.05) is 5.56 Å². The van der Waals surface area contributed by atoms with E-state index in [1.165, 1.54) is 7.11 Å². The quantitative estimate of drug-likeness (QED) is 0.828. The number of carbonyl (C=O) groups excluding carboxylic acids is 2. The third kappa shape index (κ3) is 2.66. The number of aromatic hydroxyl groups is 1. The topological polar surface area (TPSA) is 91.3 Å². The normalized spacial score (nSPS) is 17.3. The van der Waals surface area contributed by atoms with Crippen LogP contribution in [0.2, 0.25) is 0 Å². The molecule has 7 heteroatoms.